The van der Waals surface area contributed by atoms with Crippen LogP contribution >= 0.6 is 0 Å². The van der Waals surface area contributed by atoms with E-state index in [1.807, 2.05) is 13.8 Å². The number of fused-ring (bicyclic) bond motifs is 1. The summed E-state index contributed by atoms with van der Waals surface area (Å²) in [7, 11) is 0. The molecule has 3 rings (SSSR count). The SMILES string of the molecule is Cc1ccc(NC(=O)Cn2c(=O)n(CCCCC(=O)NCC(C)C)c(=O)c3ccccc32)cc1F. The van der Waals surface area contributed by atoms with Crippen LogP contribution in [-0.2, 0) is 22.7 Å². The molecule has 0 unspecified atom stereocenters. The number of aromatic nitrogens is 2. The zero-order chi connectivity index (χ0) is 25.5. The highest BCUT2D eigenvalue weighted by atomic mass is 19.1. The van der Waals surface area contributed by atoms with Crippen molar-refractivity contribution in [1.82, 2.24) is 14.5 Å². The second kappa shape index (κ2) is 11.6. The third-order valence-corrected chi connectivity index (χ3v) is 5.63. The number of anilines is 1. The number of benzene rings is 2. The highest BCUT2D eigenvalue weighted by molar-refractivity contribution is 5.91. The van der Waals surface area contributed by atoms with E-state index in [1.165, 1.54) is 10.6 Å². The van der Waals surface area contributed by atoms with Crippen LogP contribution in [-0.4, -0.2) is 27.5 Å². The van der Waals surface area contributed by atoms with Gasteiger partial charge in [-0.1, -0.05) is 32.0 Å². The lowest BCUT2D eigenvalue weighted by Crippen LogP contribution is -2.41. The van der Waals surface area contributed by atoms with E-state index in [1.54, 1.807) is 43.3 Å². The maximum Gasteiger partial charge on any atom is 0.331 e. The first-order valence-electron chi connectivity index (χ1n) is 11.7. The number of rotatable bonds is 10. The Balaban J connectivity index is 1.78. The van der Waals surface area contributed by atoms with Crippen molar-refractivity contribution in [1.29, 1.82) is 0 Å². The van der Waals surface area contributed by atoms with Crippen molar-refractivity contribution < 1.29 is 14.0 Å². The Morgan fingerprint density at radius 1 is 1.00 bits per heavy atom. The van der Waals surface area contributed by atoms with E-state index in [2.05, 4.69) is 10.6 Å². The van der Waals surface area contributed by atoms with Gasteiger partial charge in [-0.3, -0.25) is 23.5 Å². The number of hydrogen-bond donors (Lipinski definition) is 2. The molecule has 8 nitrogen and oxygen atoms in total. The standard InChI is InChI=1S/C26H31FN4O4/c1-17(2)15-28-23(32)10-6-7-13-30-25(34)20-8-4-5-9-22(20)31(26(30)35)16-24(33)29-19-12-11-18(3)21(27)14-19/h4-5,8-9,11-12,14,17H,6-7,10,13,15-16H2,1-3H3,(H,28,32)(H,29,33). The van der Waals surface area contributed by atoms with Crippen molar-refractivity contribution in [3.8, 4) is 0 Å². The van der Waals surface area contributed by atoms with E-state index in [9.17, 15) is 23.6 Å². The lowest BCUT2D eigenvalue weighted by atomic mass is 10.2. The van der Waals surface area contributed by atoms with Crippen LogP contribution in [0, 0.1) is 18.7 Å². The molecule has 0 fully saturated rings. The maximum absolute atomic E-state index is 13.8. The smallest absolute Gasteiger partial charge is 0.331 e. The van der Waals surface area contributed by atoms with Crippen molar-refractivity contribution >= 4 is 28.4 Å². The number of nitrogens with one attached hydrogen (secondary N) is 2. The first-order valence-corrected chi connectivity index (χ1v) is 11.7. The van der Waals surface area contributed by atoms with Crippen molar-refractivity contribution in [2.24, 2.45) is 5.92 Å². The molecule has 0 saturated carbocycles. The number of nitrogens with zero attached hydrogens (tertiary/aromatic N) is 2. The van der Waals surface area contributed by atoms with E-state index < -0.39 is 23.0 Å². The highest BCUT2D eigenvalue weighted by Crippen LogP contribution is 2.14. The molecule has 1 aromatic heterocycles. The lowest BCUT2D eigenvalue weighted by Gasteiger charge is -2.14. The Bertz CT molecular complexity index is 1340. The Morgan fingerprint density at radius 2 is 1.74 bits per heavy atom. The molecule has 0 spiro atoms. The van der Waals surface area contributed by atoms with Crippen LogP contribution in [0.3, 0.4) is 0 Å². The van der Waals surface area contributed by atoms with E-state index >= 15 is 0 Å². The molecule has 2 N–H and O–H groups in total. The largest absolute Gasteiger partial charge is 0.356 e. The predicted molar refractivity (Wildman–Crippen MR) is 134 cm³/mol. The quantitative estimate of drug-likeness (QED) is 0.433. The van der Waals surface area contributed by atoms with E-state index in [4.69, 9.17) is 0 Å². The zero-order valence-electron chi connectivity index (χ0n) is 20.3. The first-order chi connectivity index (χ1) is 16.7. The van der Waals surface area contributed by atoms with E-state index in [0.29, 0.717) is 48.2 Å². The summed E-state index contributed by atoms with van der Waals surface area (Å²) in [6.45, 7) is 6.03. The van der Waals surface area contributed by atoms with Crippen molar-refractivity contribution in [2.45, 2.75) is 53.1 Å². The molecule has 35 heavy (non-hydrogen) atoms. The number of carbonyl (C=O) groups is 2. The Morgan fingerprint density at radius 3 is 2.46 bits per heavy atom. The minimum atomic E-state index is -0.608. The number of hydrogen-bond acceptors (Lipinski definition) is 4. The molecule has 0 saturated heterocycles. The van der Waals surface area contributed by atoms with Gasteiger partial charge >= 0.3 is 5.69 Å². The summed E-state index contributed by atoms with van der Waals surface area (Å²) in [4.78, 5) is 50.8. The van der Waals surface area contributed by atoms with Gasteiger partial charge in [0, 0.05) is 25.2 Å². The van der Waals surface area contributed by atoms with Crippen LogP contribution in [0.25, 0.3) is 10.9 Å². The summed E-state index contributed by atoms with van der Waals surface area (Å²) < 4.78 is 16.2. The lowest BCUT2D eigenvalue weighted by molar-refractivity contribution is -0.121. The first kappa shape index (κ1) is 25.9. The Hall–Kier alpha value is -3.75. The van der Waals surface area contributed by atoms with Crippen molar-refractivity contribution in [2.75, 3.05) is 11.9 Å². The molecule has 186 valence electrons. The average Bonchev–Trinajstić information content (AvgIpc) is 2.82. The summed E-state index contributed by atoms with van der Waals surface area (Å²) in [5, 5.41) is 5.76. The fraction of sp³-hybridized carbons (Fsp3) is 0.385. The molecule has 1 heterocycles. The van der Waals surface area contributed by atoms with Crippen LogP contribution < -0.4 is 21.9 Å². The molecular formula is C26H31FN4O4. The number of carbonyl (C=O) groups excluding carboxylic acids is 2. The van der Waals surface area contributed by atoms with Crippen LogP contribution in [0.5, 0.6) is 0 Å². The third kappa shape index (κ3) is 6.65. The zero-order valence-corrected chi connectivity index (χ0v) is 20.3. The maximum atomic E-state index is 13.8. The molecule has 2 amide bonds. The van der Waals surface area contributed by atoms with Gasteiger partial charge in [0.15, 0.2) is 0 Å². The number of unbranched alkanes of at least 4 members (excludes halogenated alkanes) is 1. The van der Waals surface area contributed by atoms with Crippen LogP contribution in [0.15, 0.2) is 52.1 Å². The fourth-order valence-electron chi connectivity index (χ4n) is 3.70. The van der Waals surface area contributed by atoms with Crippen LogP contribution in [0.1, 0.15) is 38.7 Å². The summed E-state index contributed by atoms with van der Waals surface area (Å²) >= 11 is 0. The summed E-state index contributed by atoms with van der Waals surface area (Å²) in [6, 6.07) is 10.9. The molecule has 0 aliphatic carbocycles. The van der Waals surface area contributed by atoms with E-state index in [0.717, 1.165) is 4.57 Å². The van der Waals surface area contributed by atoms with Crippen LogP contribution in [0.4, 0.5) is 10.1 Å². The van der Waals surface area contributed by atoms with Crippen molar-refractivity contribution in [3.63, 3.8) is 0 Å². The molecule has 2 aromatic carbocycles. The average molecular weight is 483 g/mol. The Labute approximate surface area is 202 Å². The highest BCUT2D eigenvalue weighted by Gasteiger charge is 2.16. The molecule has 0 aliphatic rings. The topological polar surface area (TPSA) is 102 Å². The number of amides is 2. The van der Waals surface area contributed by atoms with Gasteiger partial charge in [-0.25, -0.2) is 9.18 Å². The minimum absolute atomic E-state index is 0.0637. The third-order valence-electron chi connectivity index (χ3n) is 5.63. The van der Waals surface area contributed by atoms with Gasteiger partial charge in [0.2, 0.25) is 11.8 Å². The van der Waals surface area contributed by atoms with Crippen molar-refractivity contribution in [3.05, 3.63) is 74.7 Å². The van der Waals surface area contributed by atoms with E-state index in [-0.39, 0.29) is 24.7 Å². The van der Waals surface area contributed by atoms with Gasteiger partial charge in [0.05, 0.1) is 10.9 Å². The van der Waals surface area contributed by atoms with Crippen LogP contribution in [0.2, 0.25) is 0 Å². The molecule has 9 heteroatoms. The predicted octanol–water partition coefficient (Wildman–Crippen LogP) is 3.19. The normalized spacial score (nSPS) is 11.1. The van der Waals surface area contributed by atoms with Gasteiger partial charge in [-0.15, -0.1) is 0 Å². The number of para-hydroxylation sites is 1. The summed E-state index contributed by atoms with van der Waals surface area (Å²) in [5.41, 5.74) is 0.0292. The minimum Gasteiger partial charge on any atom is -0.356 e. The molecule has 3 aromatic rings. The fourth-order valence-corrected chi connectivity index (χ4v) is 3.70. The second-order valence-electron chi connectivity index (χ2n) is 9.01. The molecular weight excluding hydrogens is 451 g/mol. The molecule has 0 aliphatic heterocycles. The Kier molecular flexibility index (Phi) is 8.57. The number of halogens is 1. The second-order valence-corrected chi connectivity index (χ2v) is 9.01. The molecule has 0 bridgehead atoms. The van der Waals surface area contributed by atoms with Gasteiger partial charge in [0.1, 0.15) is 12.4 Å². The van der Waals surface area contributed by atoms with Gasteiger partial charge in [-0.2, -0.15) is 0 Å². The molecule has 0 atom stereocenters. The summed E-state index contributed by atoms with van der Waals surface area (Å²) in [6.07, 6.45) is 1.28. The van der Waals surface area contributed by atoms with Gasteiger partial charge < -0.3 is 10.6 Å². The van der Waals surface area contributed by atoms with Gasteiger partial charge in [0.25, 0.3) is 5.56 Å². The number of aryl methyl sites for hydroxylation is 1. The molecule has 0 radical (unpaired) electrons. The monoisotopic (exact) mass is 482 g/mol. The van der Waals surface area contributed by atoms with Gasteiger partial charge in [-0.05, 0) is 55.5 Å². The summed E-state index contributed by atoms with van der Waals surface area (Å²) in [5.74, 6) is -0.675.